The number of amides is 1. The third kappa shape index (κ3) is 4.56. The second-order valence-corrected chi connectivity index (χ2v) is 9.31. The minimum absolute atomic E-state index is 0.0495. The predicted molar refractivity (Wildman–Crippen MR) is 141 cm³/mol. The number of nitrogens with zero attached hydrogens (tertiary/aromatic N) is 1. The number of aromatic nitrogens is 1. The maximum Gasteiger partial charge on any atom is 0.336 e. The summed E-state index contributed by atoms with van der Waals surface area (Å²) in [5.41, 5.74) is 4.47. The molecule has 2 aliphatic rings. The van der Waals surface area contributed by atoms with E-state index >= 15 is 0 Å². The first-order valence-corrected chi connectivity index (χ1v) is 12.5. The topological polar surface area (TPSA) is 99.0 Å². The van der Waals surface area contributed by atoms with Gasteiger partial charge in [-0.1, -0.05) is 30.3 Å². The Balaban J connectivity index is 1.26. The number of hydrogen-bond acceptors (Lipinski definition) is 5. The molecule has 2 aliphatic heterocycles. The summed E-state index contributed by atoms with van der Waals surface area (Å²) in [7, 11) is 0. The van der Waals surface area contributed by atoms with Crippen LogP contribution in [0.2, 0.25) is 0 Å². The average Bonchev–Trinajstić information content (AvgIpc) is 3.57. The highest BCUT2D eigenvalue weighted by molar-refractivity contribution is 6.07. The van der Waals surface area contributed by atoms with Gasteiger partial charge in [0.2, 0.25) is 6.79 Å². The number of benzene rings is 3. The van der Waals surface area contributed by atoms with Crippen molar-refractivity contribution in [2.45, 2.75) is 32.4 Å². The highest BCUT2D eigenvalue weighted by atomic mass is 16.7. The molecule has 38 heavy (non-hydrogen) atoms. The number of ether oxygens (including phenoxy) is 3. The van der Waals surface area contributed by atoms with Gasteiger partial charge in [-0.3, -0.25) is 4.79 Å². The molecule has 192 valence electrons. The lowest BCUT2D eigenvalue weighted by Gasteiger charge is -2.20. The van der Waals surface area contributed by atoms with Gasteiger partial charge >= 0.3 is 5.97 Å². The number of carboxylic acid groups (broad SMARTS) is 1. The number of aromatic carboxylic acids is 1. The Hall–Kier alpha value is -4.72. The van der Waals surface area contributed by atoms with Gasteiger partial charge in [-0.05, 0) is 67.3 Å². The van der Waals surface area contributed by atoms with Crippen LogP contribution in [0, 0.1) is 0 Å². The number of carbonyl (C=O) groups excluding carboxylic acids is 1. The average molecular weight is 511 g/mol. The summed E-state index contributed by atoms with van der Waals surface area (Å²) in [5.74, 6) is 0.310. The molecule has 0 aliphatic carbocycles. The Labute approximate surface area is 219 Å². The maximum absolute atomic E-state index is 13.4. The highest BCUT2D eigenvalue weighted by Crippen LogP contribution is 2.41. The molecule has 2 N–H and O–H groups in total. The zero-order valence-corrected chi connectivity index (χ0v) is 20.6. The van der Waals surface area contributed by atoms with Crippen LogP contribution in [0.5, 0.6) is 17.2 Å². The van der Waals surface area contributed by atoms with Gasteiger partial charge < -0.3 is 29.2 Å². The van der Waals surface area contributed by atoms with E-state index in [-0.39, 0.29) is 18.3 Å². The summed E-state index contributed by atoms with van der Waals surface area (Å²) >= 11 is 0. The lowest BCUT2D eigenvalue weighted by molar-refractivity contribution is 0.0697. The number of carbonyl (C=O) groups is 2. The van der Waals surface area contributed by atoms with Crippen molar-refractivity contribution >= 4 is 17.6 Å². The lowest BCUT2D eigenvalue weighted by Crippen LogP contribution is -2.17. The first-order chi connectivity index (χ1) is 18.6. The van der Waals surface area contributed by atoms with Crippen LogP contribution < -0.4 is 19.5 Å². The predicted octanol–water partition coefficient (Wildman–Crippen LogP) is 5.75. The molecule has 0 atom stereocenters. The van der Waals surface area contributed by atoms with E-state index in [0.29, 0.717) is 52.9 Å². The van der Waals surface area contributed by atoms with Gasteiger partial charge in [-0.2, -0.15) is 0 Å². The molecule has 3 aromatic carbocycles. The fourth-order valence-electron chi connectivity index (χ4n) is 5.00. The Morgan fingerprint density at radius 2 is 1.68 bits per heavy atom. The van der Waals surface area contributed by atoms with E-state index in [1.54, 1.807) is 12.1 Å². The number of fused-ring (bicyclic) bond motifs is 2. The van der Waals surface area contributed by atoms with Crippen molar-refractivity contribution in [1.29, 1.82) is 0 Å². The van der Waals surface area contributed by atoms with E-state index in [1.165, 1.54) is 6.07 Å². The summed E-state index contributed by atoms with van der Waals surface area (Å²) in [5, 5.41) is 12.9. The maximum atomic E-state index is 13.4. The second-order valence-electron chi connectivity index (χ2n) is 9.31. The third-order valence-electron chi connectivity index (χ3n) is 6.88. The summed E-state index contributed by atoms with van der Waals surface area (Å²) in [6.07, 6.45) is 2.65. The molecule has 8 nitrogen and oxygen atoms in total. The van der Waals surface area contributed by atoms with Crippen molar-refractivity contribution in [3.63, 3.8) is 0 Å². The van der Waals surface area contributed by atoms with Crippen LogP contribution >= 0.6 is 0 Å². The molecule has 6 rings (SSSR count). The Bertz CT molecular complexity index is 1510. The second kappa shape index (κ2) is 9.97. The zero-order chi connectivity index (χ0) is 26.1. The van der Waals surface area contributed by atoms with E-state index in [2.05, 4.69) is 9.88 Å². The van der Waals surface area contributed by atoms with Crippen LogP contribution in [0.15, 0.2) is 72.8 Å². The van der Waals surface area contributed by atoms with Crippen molar-refractivity contribution in [1.82, 2.24) is 4.57 Å². The minimum Gasteiger partial charge on any atom is -0.489 e. The highest BCUT2D eigenvalue weighted by Gasteiger charge is 2.28. The van der Waals surface area contributed by atoms with Crippen LogP contribution in [0.25, 0.3) is 11.3 Å². The molecule has 3 heterocycles. The fraction of sp³-hybridized carbons (Fsp3) is 0.200. The molecule has 0 spiro atoms. The number of anilines is 1. The quantitative estimate of drug-likeness (QED) is 0.329. The number of rotatable bonds is 7. The molecule has 0 fully saturated rings. The van der Waals surface area contributed by atoms with Gasteiger partial charge in [0, 0.05) is 23.5 Å². The first kappa shape index (κ1) is 23.7. The molecular formula is C30H26N2O6. The van der Waals surface area contributed by atoms with Crippen molar-refractivity contribution in [3.05, 3.63) is 95.2 Å². The summed E-state index contributed by atoms with van der Waals surface area (Å²) < 4.78 is 18.8. The Morgan fingerprint density at radius 3 is 2.45 bits per heavy atom. The van der Waals surface area contributed by atoms with E-state index in [0.717, 1.165) is 30.5 Å². The molecule has 1 amide bonds. The molecular weight excluding hydrogens is 484 g/mol. The van der Waals surface area contributed by atoms with E-state index in [9.17, 15) is 14.7 Å². The largest absolute Gasteiger partial charge is 0.489 e. The summed E-state index contributed by atoms with van der Waals surface area (Å²) in [6.45, 7) is 1.22. The summed E-state index contributed by atoms with van der Waals surface area (Å²) in [4.78, 5) is 25.5. The van der Waals surface area contributed by atoms with Gasteiger partial charge in [0.15, 0.2) is 11.5 Å². The first-order valence-electron chi connectivity index (χ1n) is 12.5. The molecule has 1 aromatic heterocycles. The van der Waals surface area contributed by atoms with Gasteiger partial charge in [0.05, 0.1) is 16.8 Å². The smallest absolute Gasteiger partial charge is 0.336 e. The third-order valence-corrected chi connectivity index (χ3v) is 6.88. The zero-order valence-electron chi connectivity index (χ0n) is 20.6. The van der Waals surface area contributed by atoms with Crippen LogP contribution in [0.4, 0.5) is 5.69 Å². The van der Waals surface area contributed by atoms with Crippen LogP contribution in [0.3, 0.4) is 0 Å². The molecule has 0 radical (unpaired) electrons. The van der Waals surface area contributed by atoms with E-state index < -0.39 is 5.97 Å². The molecule has 0 saturated heterocycles. The van der Waals surface area contributed by atoms with Crippen molar-refractivity contribution in [2.75, 3.05) is 12.1 Å². The fourth-order valence-corrected chi connectivity index (χ4v) is 5.00. The van der Waals surface area contributed by atoms with Gasteiger partial charge in [0.1, 0.15) is 12.4 Å². The number of carboxylic acids is 1. The number of hydrogen-bond donors (Lipinski definition) is 2. The monoisotopic (exact) mass is 510 g/mol. The normalized spacial score (nSPS) is 13.6. The van der Waals surface area contributed by atoms with E-state index in [4.69, 9.17) is 14.2 Å². The molecule has 4 aromatic rings. The van der Waals surface area contributed by atoms with Gasteiger partial charge in [0.25, 0.3) is 5.91 Å². The summed E-state index contributed by atoms with van der Waals surface area (Å²) in [6, 6.07) is 22.2. The van der Waals surface area contributed by atoms with Crippen LogP contribution in [-0.2, 0) is 19.6 Å². The molecule has 0 bridgehead atoms. The lowest BCUT2D eigenvalue weighted by atomic mass is 10.0. The van der Waals surface area contributed by atoms with Crippen LogP contribution in [0.1, 0.15) is 44.8 Å². The van der Waals surface area contributed by atoms with E-state index in [1.807, 2.05) is 54.6 Å². The van der Waals surface area contributed by atoms with Crippen LogP contribution in [-0.4, -0.2) is 28.3 Å². The Morgan fingerprint density at radius 1 is 0.921 bits per heavy atom. The SMILES string of the molecule is O=C(O)c1cc2c(cc1-c1cc(C(=O)Nc3ccc(OCc4ccccc4)cc3)c3n1CCCC3)OCO2. The van der Waals surface area contributed by atoms with Crippen molar-refractivity contribution in [2.24, 2.45) is 0 Å². The van der Waals surface area contributed by atoms with Crippen molar-refractivity contribution in [3.8, 4) is 28.5 Å². The Kier molecular flexibility index (Phi) is 6.21. The van der Waals surface area contributed by atoms with Gasteiger partial charge in [-0.25, -0.2) is 4.79 Å². The minimum atomic E-state index is -1.06. The van der Waals surface area contributed by atoms with Crippen molar-refractivity contribution < 1.29 is 28.9 Å². The number of nitrogens with one attached hydrogen (secondary N) is 1. The standard InChI is InChI=1S/C30H26N2O6/c33-29(31-20-9-11-21(12-10-20)36-17-19-6-2-1-3-7-19)24-14-26(32-13-5-4-8-25(24)32)22-15-27-28(38-18-37-27)16-23(22)30(34)35/h1-3,6-7,9-12,14-16H,4-5,8,13,17-18H2,(H,31,33)(H,34,35). The van der Waals surface area contributed by atoms with Gasteiger partial charge in [-0.15, -0.1) is 0 Å². The molecule has 0 saturated carbocycles. The molecule has 8 heteroatoms. The molecule has 0 unspecified atom stereocenters.